The summed E-state index contributed by atoms with van der Waals surface area (Å²) in [6.45, 7) is 0. The van der Waals surface area contributed by atoms with Crippen LogP contribution in [0.3, 0.4) is 0 Å². The van der Waals surface area contributed by atoms with Crippen molar-refractivity contribution < 1.29 is 18.4 Å². The quantitative estimate of drug-likeness (QED) is 0.681. The maximum atomic E-state index is 13.4. The van der Waals surface area contributed by atoms with Crippen LogP contribution in [-0.4, -0.2) is 18.9 Å². The molecule has 0 aromatic heterocycles. The van der Waals surface area contributed by atoms with E-state index >= 15 is 0 Å². The molecule has 0 bridgehead atoms. The maximum Gasteiger partial charge on any atom is 0.253 e. The van der Waals surface area contributed by atoms with Crippen LogP contribution in [0.1, 0.15) is 22.0 Å². The van der Waals surface area contributed by atoms with E-state index in [-0.39, 0.29) is 11.1 Å². The minimum Gasteiger partial charge on any atom is -0.357 e. The lowest BCUT2D eigenvalue weighted by Crippen LogP contribution is -2.39. The highest BCUT2D eigenvalue weighted by molar-refractivity contribution is 14.1. The molecule has 1 atom stereocenters. The molecule has 0 aliphatic rings. The number of rotatable bonds is 4. The number of hydrogen-bond donors (Lipinski definition) is 2. The molecule has 24 heavy (non-hydrogen) atoms. The number of carbonyl (C=O) groups excluding carboxylic acids is 2. The van der Waals surface area contributed by atoms with E-state index in [4.69, 9.17) is 11.6 Å². The molecule has 4 nitrogen and oxygen atoms in total. The Bertz CT molecular complexity index is 802. The normalized spacial score (nSPS) is 11.7. The Kier molecular flexibility index (Phi) is 6.11. The molecule has 2 rings (SSSR count). The molecule has 2 aromatic carbocycles. The first-order chi connectivity index (χ1) is 11.3. The zero-order valence-electron chi connectivity index (χ0n) is 12.4. The lowest BCUT2D eigenvalue weighted by Gasteiger charge is -2.18. The molecule has 2 aromatic rings. The largest absolute Gasteiger partial charge is 0.357 e. The fourth-order valence-corrected chi connectivity index (χ4v) is 2.77. The van der Waals surface area contributed by atoms with E-state index < -0.39 is 29.5 Å². The van der Waals surface area contributed by atoms with Crippen molar-refractivity contribution in [1.82, 2.24) is 10.6 Å². The molecule has 0 saturated heterocycles. The number of halogens is 4. The van der Waals surface area contributed by atoms with Crippen molar-refractivity contribution in [3.05, 3.63) is 67.8 Å². The van der Waals surface area contributed by atoms with Gasteiger partial charge in [-0.1, -0.05) is 17.7 Å². The Morgan fingerprint density at radius 2 is 1.83 bits per heavy atom. The third-order valence-corrected chi connectivity index (χ3v) is 4.41. The lowest BCUT2D eigenvalue weighted by atomic mass is 10.0. The molecule has 0 aliphatic carbocycles. The Morgan fingerprint density at radius 1 is 1.12 bits per heavy atom. The van der Waals surface area contributed by atoms with Gasteiger partial charge in [-0.3, -0.25) is 9.59 Å². The first-order valence-corrected chi connectivity index (χ1v) is 8.21. The molecule has 2 amide bonds. The van der Waals surface area contributed by atoms with Gasteiger partial charge in [0.1, 0.15) is 6.04 Å². The fourth-order valence-electron chi connectivity index (χ4n) is 2.02. The van der Waals surface area contributed by atoms with E-state index in [1.807, 2.05) is 22.6 Å². The Hall–Kier alpha value is -1.74. The predicted octanol–water partition coefficient (Wildman–Crippen LogP) is 3.44. The number of likely N-dealkylation sites (N-methyl/N-ethyl adjacent to an activating group) is 1. The second-order valence-electron chi connectivity index (χ2n) is 4.82. The zero-order valence-corrected chi connectivity index (χ0v) is 15.3. The fraction of sp³-hybridized carbons (Fsp3) is 0.125. The van der Waals surface area contributed by atoms with E-state index in [1.54, 1.807) is 12.1 Å². The number of hydrogen-bond acceptors (Lipinski definition) is 2. The van der Waals surface area contributed by atoms with Crippen LogP contribution in [0.2, 0.25) is 5.02 Å². The second-order valence-corrected chi connectivity index (χ2v) is 6.42. The predicted molar refractivity (Wildman–Crippen MR) is 94.8 cm³/mol. The van der Waals surface area contributed by atoms with Gasteiger partial charge in [-0.25, -0.2) is 8.78 Å². The van der Waals surface area contributed by atoms with Crippen LogP contribution in [0.25, 0.3) is 0 Å². The summed E-state index contributed by atoms with van der Waals surface area (Å²) in [7, 11) is 1.38. The molecule has 2 N–H and O–H groups in total. The van der Waals surface area contributed by atoms with Crippen molar-refractivity contribution >= 4 is 46.0 Å². The zero-order chi connectivity index (χ0) is 17.9. The number of nitrogens with one attached hydrogen (secondary N) is 2. The molecule has 0 fully saturated rings. The van der Waals surface area contributed by atoms with Gasteiger partial charge in [-0.05, 0) is 58.5 Å². The third-order valence-electron chi connectivity index (χ3n) is 3.23. The Balaban J connectivity index is 2.35. The Morgan fingerprint density at radius 3 is 2.46 bits per heavy atom. The molecule has 0 spiro atoms. The van der Waals surface area contributed by atoms with Gasteiger partial charge in [0, 0.05) is 15.6 Å². The van der Waals surface area contributed by atoms with Crippen LogP contribution in [0.5, 0.6) is 0 Å². The summed E-state index contributed by atoms with van der Waals surface area (Å²) in [6, 6.07) is 6.59. The molecular formula is C16H12ClF2IN2O2. The van der Waals surface area contributed by atoms with Crippen molar-refractivity contribution in [2.24, 2.45) is 0 Å². The van der Waals surface area contributed by atoms with Gasteiger partial charge in [-0.15, -0.1) is 0 Å². The van der Waals surface area contributed by atoms with E-state index in [9.17, 15) is 18.4 Å². The molecule has 0 saturated carbocycles. The van der Waals surface area contributed by atoms with Gasteiger partial charge in [-0.2, -0.15) is 0 Å². The van der Waals surface area contributed by atoms with E-state index in [0.29, 0.717) is 8.59 Å². The number of benzene rings is 2. The van der Waals surface area contributed by atoms with E-state index in [2.05, 4.69) is 10.6 Å². The van der Waals surface area contributed by atoms with Gasteiger partial charge in [0.25, 0.3) is 5.91 Å². The van der Waals surface area contributed by atoms with E-state index in [0.717, 1.165) is 12.1 Å². The molecule has 8 heteroatoms. The SMILES string of the molecule is CNC(=O)C(NC(=O)c1cc(Cl)ccc1I)c1ccc(F)c(F)c1. The van der Waals surface area contributed by atoms with Gasteiger partial charge in [0.2, 0.25) is 5.91 Å². The van der Waals surface area contributed by atoms with Gasteiger partial charge >= 0.3 is 0 Å². The smallest absolute Gasteiger partial charge is 0.253 e. The summed E-state index contributed by atoms with van der Waals surface area (Å²) >= 11 is 7.85. The van der Waals surface area contributed by atoms with Crippen molar-refractivity contribution in [2.75, 3.05) is 7.05 Å². The minimum absolute atomic E-state index is 0.124. The van der Waals surface area contributed by atoms with Crippen LogP contribution in [-0.2, 0) is 4.79 Å². The van der Waals surface area contributed by atoms with Crippen molar-refractivity contribution in [3.8, 4) is 0 Å². The third kappa shape index (κ3) is 4.21. The molecule has 0 radical (unpaired) electrons. The average Bonchev–Trinajstić information content (AvgIpc) is 2.56. The molecular weight excluding hydrogens is 453 g/mol. The van der Waals surface area contributed by atoms with Gasteiger partial charge in [0.05, 0.1) is 5.56 Å². The summed E-state index contributed by atoms with van der Waals surface area (Å²) in [5.41, 5.74) is 0.401. The topological polar surface area (TPSA) is 58.2 Å². The van der Waals surface area contributed by atoms with Crippen molar-refractivity contribution in [3.63, 3.8) is 0 Å². The average molecular weight is 465 g/mol. The molecule has 1 unspecified atom stereocenters. The van der Waals surface area contributed by atoms with Crippen LogP contribution >= 0.6 is 34.2 Å². The lowest BCUT2D eigenvalue weighted by molar-refractivity contribution is -0.122. The number of amides is 2. The highest BCUT2D eigenvalue weighted by atomic mass is 127. The first-order valence-electron chi connectivity index (χ1n) is 6.76. The summed E-state index contributed by atoms with van der Waals surface area (Å²) in [4.78, 5) is 24.5. The summed E-state index contributed by atoms with van der Waals surface area (Å²) in [6.07, 6.45) is 0. The van der Waals surface area contributed by atoms with Gasteiger partial charge in [0.15, 0.2) is 11.6 Å². The monoisotopic (exact) mass is 464 g/mol. The molecule has 0 aliphatic heterocycles. The first kappa shape index (κ1) is 18.6. The minimum atomic E-state index is -1.17. The van der Waals surface area contributed by atoms with Crippen LogP contribution in [0.4, 0.5) is 8.78 Å². The molecule has 126 valence electrons. The highest BCUT2D eigenvalue weighted by Crippen LogP contribution is 2.21. The molecule has 0 heterocycles. The maximum absolute atomic E-state index is 13.4. The summed E-state index contributed by atoms with van der Waals surface area (Å²) < 4.78 is 27.2. The van der Waals surface area contributed by atoms with Crippen molar-refractivity contribution in [2.45, 2.75) is 6.04 Å². The second kappa shape index (κ2) is 7.89. The number of carbonyl (C=O) groups is 2. The van der Waals surface area contributed by atoms with Crippen LogP contribution in [0.15, 0.2) is 36.4 Å². The Labute approximate surface area is 155 Å². The van der Waals surface area contributed by atoms with Crippen molar-refractivity contribution in [1.29, 1.82) is 0 Å². The standard InChI is InChI=1S/C16H12ClF2IN2O2/c1-21-16(24)14(8-2-4-11(18)12(19)6-8)22-15(23)10-7-9(17)3-5-13(10)20/h2-7,14H,1H3,(H,21,24)(H,22,23). The summed E-state index contributed by atoms with van der Waals surface area (Å²) in [5, 5.41) is 5.26. The van der Waals surface area contributed by atoms with Crippen LogP contribution in [0, 0.1) is 15.2 Å². The van der Waals surface area contributed by atoms with Gasteiger partial charge < -0.3 is 10.6 Å². The highest BCUT2D eigenvalue weighted by Gasteiger charge is 2.24. The van der Waals surface area contributed by atoms with E-state index in [1.165, 1.54) is 19.2 Å². The van der Waals surface area contributed by atoms with Crippen LogP contribution < -0.4 is 10.6 Å². The summed E-state index contributed by atoms with van der Waals surface area (Å²) in [5.74, 6) is -3.26.